The summed E-state index contributed by atoms with van der Waals surface area (Å²) in [6, 6.07) is 4.09. The van der Waals surface area contributed by atoms with E-state index in [0.717, 1.165) is 57.6 Å². The van der Waals surface area contributed by atoms with Gasteiger partial charge in [-0.2, -0.15) is 0 Å². The minimum atomic E-state index is -0.806. The highest BCUT2D eigenvalue weighted by Crippen LogP contribution is 2.42. The summed E-state index contributed by atoms with van der Waals surface area (Å²) < 4.78 is 32.4. The number of likely N-dealkylation sites (tertiary alicyclic amines) is 2. The number of carbonyl (C=O) groups is 1. The molecular weight excluding hydrogens is 326 g/mol. The molecule has 1 aromatic carbocycles. The first-order valence-corrected chi connectivity index (χ1v) is 9.14. The van der Waals surface area contributed by atoms with E-state index in [1.54, 1.807) is 6.07 Å². The van der Waals surface area contributed by atoms with E-state index in [9.17, 15) is 13.6 Å². The molecule has 3 fully saturated rings. The van der Waals surface area contributed by atoms with Gasteiger partial charge >= 0.3 is 0 Å². The van der Waals surface area contributed by atoms with Crippen LogP contribution >= 0.6 is 0 Å². The Morgan fingerprint density at radius 1 is 1.24 bits per heavy atom. The fraction of sp³-hybridized carbons (Fsp3) is 0.632. The Morgan fingerprint density at radius 3 is 2.80 bits per heavy atom. The smallest absolute Gasteiger partial charge is 0.222 e. The topological polar surface area (TPSA) is 32.8 Å². The van der Waals surface area contributed by atoms with Crippen LogP contribution < -0.4 is 0 Å². The molecule has 0 radical (unpaired) electrons. The van der Waals surface area contributed by atoms with Crippen molar-refractivity contribution in [3.8, 4) is 0 Å². The van der Waals surface area contributed by atoms with E-state index in [1.807, 2.05) is 4.90 Å². The van der Waals surface area contributed by atoms with Crippen molar-refractivity contribution < 1.29 is 18.3 Å². The highest BCUT2D eigenvalue weighted by molar-refractivity contribution is 5.78. The molecule has 1 spiro atoms. The molecule has 3 aliphatic rings. The van der Waals surface area contributed by atoms with Crippen molar-refractivity contribution in [2.75, 3.05) is 32.8 Å². The Morgan fingerprint density at radius 2 is 2.08 bits per heavy atom. The number of ether oxygens (including phenoxy) is 1. The third-order valence-electron chi connectivity index (χ3n) is 5.89. The molecule has 4 nitrogen and oxygen atoms in total. The first-order valence-electron chi connectivity index (χ1n) is 9.14. The Hall–Kier alpha value is -1.53. The van der Waals surface area contributed by atoms with Crippen LogP contribution in [0.2, 0.25) is 0 Å². The third-order valence-corrected chi connectivity index (χ3v) is 5.89. The van der Waals surface area contributed by atoms with Crippen LogP contribution in [0.5, 0.6) is 0 Å². The van der Waals surface area contributed by atoms with Crippen molar-refractivity contribution >= 4 is 5.91 Å². The van der Waals surface area contributed by atoms with Gasteiger partial charge in [0.25, 0.3) is 0 Å². The predicted octanol–water partition coefficient (Wildman–Crippen LogP) is 2.57. The zero-order chi connectivity index (χ0) is 17.4. The van der Waals surface area contributed by atoms with Crippen LogP contribution in [0, 0.1) is 17.6 Å². The maximum atomic E-state index is 13.3. The highest BCUT2D eigenvalue weighted by Gasteiger charge is 2.52. The van der Waals surface area contributed by atoms with E-state index >= 15 is 0 Å². The van der Waals surface area contributed by atoms with Crippen LogP contribution in [-0.2, 0) is 16.1 Å². The molecule has 1 unspecified atom stereocenters. The van der Waals surface area contributed by atoms with Gasteiger partial charge in [0.05, 0.1) is 5.60 Å². The first-order chi connectivity index (χ1) is 12.1. The van der Waals surface area contributed by atoms with Gasteiger partial charge in [0.15, 0.2) is 11.6 Å². The normalized spacial score (nSPS) is 25.8. The van der Waals surface area contributed by atoms with Crippen molar-refractivity contribution in [2.24, 2.45) is 5.92 Å². The number of amides is 1. The molecule has 1 amide bonds. The molecule has 3 aliphatic heterocycles. The molecule has 0 bridgehead atoms. The van der Waals surface area contributed by atoms with E-state index in [0.29, 0.717) is 18.9 Å². The number of carbonyl (C=O) groups excluding carboxylic acids is 1. The van der Waals surface area contributed by atoms with Crippen molar-refractivity contribution in [3.05, 3.63) is 35.4 Å². The van der Waals surface area contributed by atoms with Gasteiger partial charge in [-0.25, -0.2) is 8.78 Å². The van der Waals surface area contributed by atoms with Crippen LogP contribution in [-0.4, -0.2) is 54.1 Å². The van der Waals surface area contributed by atoms with Crippen molar-refractivity contribution in [1.29, 1.82) is 0 Å². The largest absolute Gasteiger partial charge is 0.372 e. The minimum absolute atomic E-state index is 0.110. The van der Waals surface area contributed by atoms with Crippen LogP contribution in [0.1, 0.15) is 31.2 Å². The standard InChI is InChI=1S/C19H24F2N2O2/c20-16-4-3-14(10-17(16)21)11-22-12-19(13-22)15(6-9-25-19)5-8-23-7-1-2-18(23)24/h3-4,10,15H,1-2,5-9,11-13H2. The minimum Gasteiger partial charge on any atom is -0.372 e. The van der Waals surface area contributed by atoms with Gasteiger partial charge in [-0.1, -0.05) is 6.07 Å². The highest BCUT2D eigenvalue weighted by atomic mass is 19.2. The Kier molecular flexibility index (Phi) is 4.50. The van der Waals surface area contributed by atoms with E-state index in [-0.39, 0.29) is 11.5 Å². The van der Waals surface area contributed by atoms with E-state index in [1.165, 1.54) is 12.1 Å². The lowest BCUT2D eigenvalue weighted by molar-refractivity contribution is -0.139. The maximum absolute atomic E-state index is 13.3. The predicted molar refractivity (Wildman–Crippen MR) is 88.9 cm³/mol. The number of nitrogens with zero attached hydrogens (tertiary/aromatic N) is 2. The molecule has 3 saturated heterocycles. The number of hydrogen-bond acceptors (Lipinski definition) is 3. The summed E-state index contributed by atoms with van der Waals surface area (Å²) in [5.74, 6) is -0.846. The molecule has 136 valence electrons. The van der Waals surface area contributed by atoms with Gasteiger partial charge < -0.3 is 9.64 Å². The van der Waals surface area contributed by atoms with Crippen molar-refractivity contribution in [3.63, 3.8) is 0 Å². The second kappa shape index (κ2) is 6.65. The zero-order valence-electron chi connectivity index (χ0n) is 14.3. The van der Waals surface area contributed by atoms with Crippen molar-refractivity contribution in [1.82, 2.24) is 9.80 Å². The summed E-state index contributed by atoms with van der Waals surface area (Å²) in [5, 5.41) is 0. The van der Waals surface area contributed by atoms with E-state index < -0.39 is 11.6 Å². The fourth-order valence-electron chi connectivity index (χ4n) is 4.51. The monoisotopic (exact) mass is 350 g/mol. The van der Waals surface area contributed by atoms with Gasteiger partial charge in [0.2, 0.25) is 5.91 Å². The Balaban J connectivity index is 1.30. The zero-order valence-corrected chi connectivity index (χ0v) is 14.3. The first kappa shape index (κ1) is 16.9. The molecule has 0 aliphatic carbocycles. The summed E-state index contributed by atoms with van der Waals surface area (Å²) >= 11 is 0. The molecule has 6 heteroatoms. The molecule has 0 N–H and O–H groups in total. The molecule has 4 rings (SSSR count). The average Bonchev–Trinajstić information content (AvgIpc) is 3.15. The SMILES string of the molecule is O=C1CCCN1CCC1CCOC12CN(Cc1ccc(F)c(F)c1)C2. The number of rotatable bonds is 5. The average molecular weight is 350 g/mol. The van der Waals surface area contributed by atoms with E-state index in [4.69, 9.17) is 4.74 Å². The number of hydrogen-bond donors (Lipinski definition) is 0. The summed E-state index contributed by atoms with van der Waals surface area (Å²) in [5.41, 5.74) is 0.674. The molecule has 1 atom stereocenters. The lowest BCUT2D eigenvalue weighted by atomic mass is 9.78. The fourth-order valence-corrected chi connectivity index (χ4v) is 4.51. The maximum Gasteiger partial charge on any atom is 0.222 e. The number of halogens is 2. The molecule has 0 saturated carbocycles. The summed E-state index contributed by atoms with van der Waals surface area (Å²) in [4.78, 5) is 16.0. The van der Waals surface area contributed by atoms with Crippen LogP contribution in [0.3, 0.4) is 0 Å². The Bertz CT molecular complexity index is 661. The molecule has 3 heterocycles. The van der Waals surface area contributed by atoms with Crippen LogP contribution in [0.4, 0.5) is 8.78 Å². The lowest BCUT2D eigenvalue weighted by Gasteiger charge is -2.50. The molecular formula is C19H24F2N2O2. The van der Waals surface area contributed by atoms with E-state index in [2.05, 4.69) is 4.90 Å². The van der Waals surface area contributed by atoms with Crippen LogP contribution in [0.25, 0.3) is 0 Å². The lowest BCUT2D eigenvalue weighted by Crippen LogP contribution is -2.64. The summed E-state index contributed by atoms with van der Waals surface area (Å²) in [6.45, 7) is 4.76. The van der Waals surface area contributed by atoms with Gasteiger partial charge in [0.1, 0.15) is 0 Å². The van der Waals surface area contributed by atoms with Gasteiger partial charge in [-0.05, 0) is 42.9 Å². The number of benzene rings is 1. The van der Waals surface area contributed by atoms with Crippen molar-refractivity contribution in [2.45, 2.75) is 37.8 Å². The quantitative estimate of drug-likeness (QED) is 0.818. The van der Waals surface area contributed by atoms with Gasteiger partial charge in [-0.3, -0.25) is 9.69 Å². The molecule has 1 aromatic rings. The molecule has 0 aromatic heterocycles. The molecule has 25 heavy (non-hydrogen) atoms. The van der Waals surface area contributed by atoms with Gasteiger partial charge in [-0.15, -0.1) is 0 Å². The summed E-state index contributed by atoms with van der Waals surface area (Å²) in [7, 11) is 0. The third kappa shape index (κ3) is 3.29. The summed E-state index contributed by atoms with van der Waals surface area (Å²) in [6.07, 6.45) is 3.70. The second-order valence-electron chi connectivity index (χ2n) is 7.57. The Labute approximate surface area is 146 Å². The second-order valence-corrected chi connectivity index (χ2v) is 7.57. The van der Waals surface area contributed by atoms with Crippen LogP contribution in [0.15, 0.2) is 18.2 Å². The van der Waals surface area contributed by atoms with Gasteiger partial charge in [0, 0.05) is 45.8 Å².